The third-order valence-corrected chi connectivity index (χ3v) is 3.42. The van der Waals surface area contributed by atoms with Crippen LogP contribution in [-0.4, -0.2) is 23.0 Å². The number of nitrogens with one attached hydrogen (secondary N) is 1. The Morgan fingerprint density at radius 3 is 2.74 bits per heavy atom. The average molecular weight is 266 g/mol. The standard InChI is InChI=1S/C13H15FN2O3/c14-7-4-5-11(9(6-7)12(15)17)16-10-3-1-2-8(10)13(18)19/h4-6,8,10,16H,1-3H2,(H2,15,17)(H,18,19). The van der Waals surface area contributed by atoms with Crippen LogP contribution in [0.1, 0.15) is 29.6 Å². The first-order valence-electron chi connectivity index (χ1n) is 6.07. The van der Waals surface area contributed by atoms with Crippen LogP contribution in [0.2, 0.25) is 0 Å². The minimum absolute atomic E-state index is 0.0380. The lowest BCUT2D eigenvalue weighted by atomic mass is 10.0. The van der Waals surface area contributed by atoms with Gasteiger partial charge < -0.3 is 16.2 Å². The Bertz CT molecular complexity index is 519. The highest BCUT2D eigenvalue weighted by atomic mass is 19.1. The molecule has 6 heteroatoms. The molecule has 1 saturated carbocycles. The van der Waals surface area contributed by atoms with Crippen LogP contribution in [0.15, 0.2) is 18.2 Å². The van der Waals surface area contributed by atoms with E-state index in [2.05, 4.69) is 5.32 Å². The molecule has 0 heterocycles. The van der Waals surface area contributed by atoms with Gasteiger partial charge in [0.1, 0.15) is 5.82 Å². The maximum Gasteiger partial charge on any atom is 0.308 e. The van der Waals surface area contributed by atoms with Gasteiger partial charge in [0, 0.05) is 11.7 Å². The van der Waals surface area contributed by atoms with E-state index in [0.29, 0.717) is 18.5 Å². The smallest absolute Gasteiger partial charge is 0.308 e. The minimum atomic E-state index is -0.863. The van der Waals surface area contributed by atoms with Gasteiger partial charge in [-0.05, 0) is 31.0 Å². The van der Waals surface area contributed by atoms with Crippen molar-refractivity contribution in [3.05, 3.63) is 29.6 Å². The van der Waals surface area contributed by atoms with Crippen LogP contribution in [-0.2, 0) is 4.79 Å². The van der Waals surface area contributed by atoms with Gasteiger partial charge in [-0.15, -0.1) is 0 Å². The lowest BCUT2D eigenvalue weighted by Gasteiger charge is -2.20. The summed E-state index contributed by atoms with van der Waals surface area (Å²) in [6, 6.07) is 3.41. The molecule has 1 fully saturated rings. The van der Waals surface area contributed by atoms with Gasteiger partial charge in [0.05, 0.1) is 11.5 Å². The lowest BCUT2D eigenvalue weighted by molar-refractivity contribution is -0.141. The number of aliphatic carboxylic acids is 1. The van der Waals surface area contributed by atoms with E-state index in [1.165, 1.54) is 12.1 Å². The van der Waals surface area contributed by atoms with E-state index >= 15 is 0 Å². The summed E-state index contributed by atoms with van der Waals surface area (Å²) in [7, 11) is 0. The number of amides is 1. The van der Waals surface area contributed by atoms with Gasteiger partial charge in [-0.3, -0.25) is 9.59 Å². The Morgan fingerprint density at radius 2 is 2.11 bits per heavy atom. The quantitative estimate of drug-likeness (QED) is 0.771. The largest absolute Gasteiger partial charge is 0.481 e. The summed E-state index contributed by atoms with van der Waals surface area (Å²) in [5.74, 6) is -2.66. The van der Waals surface area contributed by atoms with E-state index in [1.54, 1.807) is 0 Å². The van der Waals surface area contributed by atoms with E-state index in [1.807, 2.05) is 0 Å². The van der Waals surface area contributed by atoms with Gasteiger partial charge in [-0.1, -0.05) is 6.42 Å². The first-order valence-corrected chi connectivity index (χ1v) is 6.07. The van der Waals surface area contributed by atoms with Crippen LogP contribution >= 0.6 is 0 Å². The summed E-state index contributed by atoms with van der Waals surface area (Å²) in [6.45, 7) is 0. The third kappa shape index (κ3) is 2.83. The molecule has 2 rings (SSSR count). The molecule has 0 bridgehead atoms. The first kappa shape index (κ1) is 13.3. The van der Waals surface area contributed by atoms with Crippen LogP contribution in [0, 0.1) is 11.7 Å². The predicted molar refractivity (Wildman–Crippen MR) is 67.3 cm³/mol. The normalized spacial score (nSPS) is 22.2. The molecule has 0 aliphatic heterocycles. The van der Waals surface area contributed by atoms with E-state index < -0.39 is 23.6 Å². The number of benzene rings is 1. The molecule has 1 amide bonds. The highest BCUT2D eigenvalue weighted by Gasteiger charge is 2.33. The molecule has 1 aromatic rings. The molecule has 2 unspecified atom stereocenters. The first-order chi connectivity index (χ1) is 8.99. The molecule has 0 saturated heterocycles. The van der Waals surface area contributed by atoms with Crippen LogP contribution in [0.4, 0.5) is 10.1 Å². The Labute approximate surface area is 109 Å². The molecule has 1 aromatic carbocycles. The van der Waals surface area contributed by atoms with Crippen LogP contribution in [0.3, 0.4) is 0 Å². The number of rotatable bonds is 4. The van der Waals surface area contributed by atoms with Gasteiger partial charge in [0.25, 0.3) is 5.91 Å². The van der Waals surface area contributed by atoms with E-state index in [0.717, 1.165) is 12.5 Å². The SMILES string of the molecule is NC(=O)c1cc(F)ccc1NC1CCCC1C(=O)O. The molecule has 1 aliphatic rings. The van der Waals surface area contributed by atoms with Crippen LogP contribution < -0.4 is 11.1 Å². The number of halogens is 1. The minimum Gasteiger partial charge on any atom is -0.481 e. The number of carbonyl (C=O) groups is 2. The van der Waals surface area contributed by atoms with Crippen molar-refractivity contribution in [2.45, 2.75) is 25.3 Å². The van der Waals surface area contributed by atoms with Gasteiger partial charge in [-0.2, -0.15) is 0 Å². The number of carboxylic acid groups (broad SMARTS) is 1. The number of carbonyl (C=O) groups excluding carboxylic acids is 1. The highest BCUT2D eigenvalue weighted by molar-refractivity contribution is 5.98. The zero-order chi connectivity index (χ0) is 14.0. The molecule has 0 spiro atoms. The predicted octanol–water partition coefficient (Wildman–Crippen LogP) is 1.59. The van der Waals surface area contributed by atoms with Gasteiger partial charge in [0.2, 0.25) is 0 Å². The average Bonchev–Trinajstić information content (AvgIpc) is 2.79. The molecule has 0 aromatic heterocycles. The van der Waals surface area contributed by atoms with Gasteiger partial charge in [0.15, 0.2) is 0 Å². The summed E-state index contributed by atoms with van der Waals surface area (Å²) < 4.78 is 13.1. The summed E-state index contributed by atoms with van der Waals surface area (Å²) >= 11 is 0. The van der Waals surface area contributed by atoms with Crippen molar-refractivity contribution >= 4 is 17.6 Å². The molecule has 2 atom stereocenters. The van der Waals surface area contributed by atoms with E-state index in [-0.39, 0.29) is 11.6 Å². The van der Waals surface area contributed by atoms with Crippen molar-refractivity contribution in [3.8, 4) is 0 Å². The van der Waals surface area contributed by atoms with Crippen molar-refractivity contribution in [2.75, 3.05) is 5.32 Å². The number of anilines is 1. The van der Waals surface area contributed by atoms with Crippen molar-refractivity contribution in [3.63, 3.8) is 0 Å². The van der Waals surface area contributed by atoms with Crippen molar-refractivity contribution < 1.29 is 19.1 Å². The second-order valence-corrected chi connectivity index (χ2v) is 4.68. The fraction of sp³-hybridized carbons (Fsp3) is 0.385. The monoisotopic (exact) mass is 266 g/mol. The van der Waals surface area contributed by atoms with E-state index in [4.69, 9.17) is 10.8 Å². The number of primary amides is 1. The number of hydrogen-bond donors (Lipinski definition) is 3. The Kier molecular flexibility index (Phi) is 3.69. The van der Waals surface area contributed by atoms with Crippen LogP contribution in [0.25, 0.3) is 0 Å². The van der Waals surface area contributed by atoms with Gasteiger partial charge >= 0.3 is 5.97 Å². The molecule has 4 N–H and O–H groups in total. The Balaban J connectivity index is 2.23. The second kappa shape index (κ2) is 5.26. The second-order valence-electron chi connectivity index (χ2n) is 4.68. The Hall–Kier alpha value is -2.11. The number of nitrogens with two attached hydrogens (primary N) is 1. The van der Waals surface area contributed by atoms with Crippen molar-refractivity contribution in [1.29, 1.82) is 0 Å². The van der Waals surface area contributed by atoms with Gasteiger partial charge in [-0.25, -0.2) is 4.39 Å². The fourth-order valence-corrected chi connectivity index (χ4v) is 2.47. The summed E-state index contributed by atoms with van der Waals surface area (Å²) in [6.07, 6.45) is 2.11. The summed E-state index contributed by atoms with van der Waals surface area (Å²) in [4.78, 5) is 22.3. The Morgan fingerprint density at radius 1 is 1.37 bits per heavy atom. The molecular formula is C13H15FN2O3. The number of carboxylic acids is 1. The van der Waals surface area contributed by atoms with Crippen molar-refractivity contribution in [2.24, 2.45) is 11.7 Å². The molecular weight excluding hydrogens is 251 g/mol. The zero-order valence-electron chi connectivity index (χ0n) is 10.2. The highest BCUT2D eigenvalue weighted by Crippen LogP contribution is 2.30. The van der Waals surface area contributed by atoms with Crippen molar-refractivity contribution in [1.82, 2.24) is 0 Å². The molecule has 1 aliphatic carbocycles. The lowest BCUT2D eigenvalue weighted by Crippen LogP contribution is -2.30. The molecule has 5 nitrogen and oxygen atoms in total. The maximum absolute atomic E-state index is 13.1. The summed E-state index contributed by atoms with van der Waals surface area (Å²) in [5.41, 5.74) is 5.61. The topological polar surface area (TPSA) is 92.4 Å². The molecule has 19 heavy (non-hydrogen) atoms. The van der Waals surface area contributed by atoms with Crippen LogP contribution in [0.5, 0.6) is 0 Å². The molecule has 102 valence electrons. The third-order valence-electron chi connectivity index (χ3n) is 3.42. The fourth-order valence-electron chi connectivity index (χ4n) is 2.47. The zero-order valence-corrected chi connectivity index (χ0v) is 10.2. The summed E-state index contributed by atoms with van der Waals surface area (Å²) in [5, 5.41) is 12.1. The van der Waals surface area contributed by atoms with E-state index in [9.17, 15) is 14.0 Å². The molecule has 0 radical (unpaired) electrons. The maximum atomic E-state index is 13.1. The number of hydrogen-bond acceptors (Lipinski definition) is 3.